The van der Waals surface area contributed by atoms with Crippen molar-refractivity contribution in [3.8, 4) is 33.6 Å². The van der Waals surface area contributed by atoms with Crippen molar-refractivity contribution in [1.82, 2.24) is 0 Å². The van der Waals surface area contributed by atoms with Crippen LogP contribution in [0.1, 0.15) is 66.5 Å². The van der Waals surface area contributed by atoms with Crippen LogP contribution in [0.2, 0.25) is 0 Å². The maximum atomic E-state index is 5.26. The van der Waals surface area contributed by atoms with Crippen molar-refractivity contribution >= 4 is 27.6 Å². The first kappa shape index (κ1) is 40.2. The number of aryl methyl sites for hydroxylation is 4. The van der Waals surface area contributed by atoms with Crippen LogP contribution >= 0.6 is 0 Å². The van der Waals surface area contributed by atoms with Crippen molar-refractivity contribution < 1.29 is 4.42 Å². The first-order valence-corrected chi connectivity index (χ1v) is 21.5. The summed E-state index contributed by atoms with van der Waals surface area (Å²) in [6.45, 7) is 9.06. The summed E-state index contributed by atoms with van der Waals surface area (Å²) < 4.78 is 5.26. The molecule has 1 atom stereocenters. The second-order valence-electron chi connectivity index (χ2n) is 16.4. The highest BCUT2D eigenvalue weighted by atomic mass is 16.3. The zero-order valence-electron chi connectivity index (χ0n) is 35.4. The van der Waals surface area contributed by atoms with Gasteiger partial charge in [-0.3, -0.25) is 0 Å². The molecule has 1 aliphatic rings. The van der Waals surface area contributed by atoms with Crippen molar-refractivity contribution in [3.63, 3.8) is 0 Å². The van der Waals surface area contributed by atoms with E-state index in [-0.39, 0.29) is 0 Å². The van der Waals surface area contributed by atoms with E-state index in [1.165, 1.54) is 77.6 Å². The van der Waals surface area contributed by atoms with E-state index in [1.54, 1.807) is 6.26 Å². The standard InChI is InChI=1S/C47H45N.C11H10O/c1-33-10-9-31-48-46-30-28-42(32-45(46)35(3)43(29-15-33)47-34(2)16-23-41-13-7-8-14-44(41)47)40-26-21-37(22-27-40)18-17-36-19-24-39(25-20-36)38-11-5-4-6-12-38;1-9-4-6-10(7-5-9)11-3-2-8-12-11/h4-9,11-14,16,19-28,30-33,48H,10,15,17-18,29H2,1-3H3;2-8H,1H3/b31-9+,43-35+;. The van der Waals surface area contributed by atoms with E-state index in [4.69, 9.17) is 4.42 Å². The van der Waals surface area contributed by atoms with E-state index in [9.17, 15) is 0 Å². The summed E-state index contributed by atoms with van der Waals surface area (Å²) in [6, 6.07) is 61.3. The Balaban J connectivity index is 0.000000355. The van der Waals surface area contributed by atoms with Gasteiger partial charge in [0.15, 0.2) is 0 Å². The fourth-order valence-electron chi connectivity index (χ4n) is 8.37. The summed E-state index contributed by atoms with van der Waals surface area (Å²) in [6.07, 6.45) is 11.5. The molecular formula is C58H55NO. The predicted octanol–water partition coefficient (Wildman–Crippen LogP) is 16.2. The number of rotatable bonds is 7. The highest BCUT2D eigenvalue weighted by Crippen LogP contribution is 2.41. The van der Waals surface area contributed by atoms with E-state index in [0.29, 0.717) is 5.92 Å². The number of nitrogens with one attached hydrogen (secondary N) is 1. The zero-order valence-corrected chi connectivity index (χ0v) is 35.4. The lowest BCUT2D eigenvalue weighted by molar-refractivity contribution is 0.550. The lowest BCUT2D eigenvalue weighted by Crippen LogP contribution is -2.00. The van der Waals surface area contributed by atoms with Gasteiger partial charge in [-0.25, -0.2) is 0 Å². The molecule has 7 aromatic carbocycles. The maximum absolute atomic E-state index is 5.26. The minimum Gasteiger partial charge on any atom is -0.464 e. The van der Waals surface area contributed by atoms with Crippen LogP contribution in [0.5, 0.6) is 0 Å². The van der Waals surface area contributed by atoms with Crippen LogP contribution in [0, 0.1) is 19.8 Å². The minimum absolute atomic E-state index is 0.616. The van der Waals surface area contributed by atoms with Crippen LogP contribution in [0.15, 0.2) is 193 Å². The highest BCUT2D eigenvalue weighted by molar-refractivity contribution is 6.03. The summed E-state index contributed by atoms with van der Waals surface area (Å²) in [7, 11) is 0. The Kier molecular flexibility index (Phi) is 12.7. The summed E-state index contributed by atoms with van der Waals surface area (Å²) in [4.78, 5) is 0. The van der Waals surface area contributed by atoms with Crippen LogP contribution in [0.4, 0.5) is 5.69 Å². The average Bonchev–Trinajstić information content (AvgIpc) is 3.84. The summed E-state index contributed by atoms with van der Waals surface area (Å²) in [5.74, 6) is 1.54. The van der Waals surface area contributed by atoms with Crippen LogP contribution in [-0.2, 0) is 12.8 Å². The van der Waals surface area contributed by atoms with Gasteiger partial charge in [-0.2, -0.15) is 0 Å². The second kappa shape index (κ2) is 19.0. The summed E-state index contributed by atoms with van der Waals surface area (Å²) >= 11 is 0. The molecular weight excluding hydrogens is 727 g/mol. The smallest absolute Gasteiger partial charge is 0.133 e. The largest absolute Gasteiger partial charge is 0.464 e. The number of allylic oxidation sites excluding steroid dienone is 3. The Morgan fingerprint density at radius 1 is 0.583 bits per heavy atom. The second-order valence-corrected chi connectivity index (χ2v) is 16.4. The fraction of sp³-hybridized carbons (Fsp3) is 0.172. The summed E-state index contributed by atoms with van der Waals surface area (Å²) in [5, 5.41) is 6.31. The predicted molar refractivity (Wildman–Crippen MR) is 257 cm³/mol. The van der Waals surface area contributed by atoms with Crippen LogP contribution < -0.4 is 5.32 Å². The van der Waals surface area contributed by atoms with Gasteiger partial charge in [0.2, 0.25) is 0 Å². The Morgan fingerprint density at radius 3 is 1.92 bits per heavy atom. The fourth-order valence-corrected chi connectivity index (χ4v) is 8.37. The maximum Gasteiger partial charge on any atom is 0.133 e. The molecule has 0 saturated heterocycles. The lowest BCUT2D eigenvalue weighted by Gasteiger charge is -2.21. The molecule has 0 spiro atoms. The van der Waals surface area contributed by atoms with Crippen LogP contribution in [0.3, 0.4) is 0 Å². The third kappa shape index (κ3) is 9.62. The molecule has 0 bridgehead atoms. The lowest BCUT2D eigenvalue weighted by atomic mass is 9.84. The molecule has 60 heavy (non-hydrogen) atoms. The van der Waals surface area contributed by atoms with Gasteiger partial charge in [-0.1, -0.05) is 164 Å². The van der Waals surface area contributed by atoms with E-state index >= 15 is 0 Å². The molecule has 9 rings (SSSR count). The number of hydrogen-bond donors (Lipinski definition) is 1. The molecule has 1 N–H and O–H groups in total. The van der Waals surface area contributed by atoms with E-state index < -0.39 is 0 Å². The van der Waals surface area contributed by atoms with Gasteiger partial charge in [0.25, 0.3) is 0 Å². The van der Waals surface area contributed by atoms with Gasteiger partial charge in [-0.05, 0) is 156 Å². The minimum atomic E-state index is 0.616. The molecule has 1 aliphatic heterocycles. The van der Waals surface area contributed by atoms with Crippen molar-refractivity contribution in [2.24, 2.45) is 5.92 Å². The van der Waals surface area contributed by atoms with Gasteiger partial charge >= 0.3 is 0 Å². The van der Waals surface area contributed by atoms with Crippen molar-refractivity contribution in [3.05, 3.63) is 222 Å². The highest BCUT2D eigenvalue weighted by Gasteiger charge is 2.18. The van der Waals surface area contributed by atoms with E-state index in [0.717, 1.165) is 49.1 Å². The zero-order chi connectivity index (χ0) is 41.3. The number of benzene rings is 7. The average molecular weight is 782 g/mol. The van der Waals surface area contributed by atoms with Gasteiger partial charge in [0, 0.05) is 16.8 Å². The third-order valence-electron chi connectivity index (χ3n) is 12.0. The van der Waals surface area contributed by atoms with E-state index in [2.05, 4.69) is 203 Å². The molecule has 0 amide bonds. The molecule has 0 radical (unpaired) electrons. The molecule has 2 nitrogen and oxygen atoms in total. The SMILES string of the molecule is C/C1=C(\c2c(C)ccc3ccccc23)CCC(C)C/C=C/Nc2ccc(-c3ccc(CCc4ccc(-c5ccccc5)cc4)cc3)cc21.Cc1ccc(-c2ccco2)cc1. The molecule has 8 aromatic rings. The molecule has 2 heteroatoms. The van der Waals surface area contributed by atoms with Gasteiger partial charge < -0.3 is 9.73 Å². The Labute approximate surface area is 357 Å². The monoisotopic (exact) mass is 781 g/mol. The Bertz CT molecular complexity index is 2700. The molecule has 2 heterocycles. The number of furan rings is 1. The van der Waals surface area contributed by atoms with Gasteiger partial charge in [0.05, 0.1) is 6.26 Å². The number of hydrogen-bond acceptors (Lipinski definition) is 2. The normalized spacial score (nSPS) is 15.8. The number of anilines is 1. The van der Waals surface area contributed by atoms with Crippen molar-refractivity contribution in [2.45, 2.75) is 59.8 Å². The number of fused-ring (bicyclic) bond motifs is 2. The topological polar surface area (TPSA) is 25.2 Å². The Hall–Kier alpha value is -6.64. The van der Waals surface area contributed by atoms with Crippen LogP contribution in [0.25, 0.3) is 55.5 Å². The first-order chi connectivity index (χ1) is 29.4. The van der Waals surface area contributed by atoms with E-state index in [1.807, 2.05) is 12.1 Å². The molecule has 0 aliphatic carbocycles. The quantitative estimate of drug-likeness (QED) is 0.174. The molecule has 0 fully saturated rings. The van der Waals surface area contributed by atoms with Crippen molar-refractivity contribution in [1.29, 1.82) is 0 Å². The summed E-state index contributed by atoms with van der Waals surface area (Å²) in [5.41, 5.74) is 18.2. The molecule has 1 aromatic heterocycles. The van der Waals surface area contributed by atoms with Crippen LogP contribution in [-0.4, -0.2) is 0 Å². The molecule has 1 unspecified atom stereocenters. The molecule has 298 valence electrons. The third-order valence-corrected chi connectivity index (χ3v) is 12.0. The Morgan fingerprint density at radius 2 is 1.22 bits per heavy atom. The molecule has 0 saturated carbocycles. The van der Waals surface area contributed by atoms with Gasteiger partial charge in [0.1, 0.15) is 5.76 Å². The first-order valence-electron chi connectivity index (χ1n) is 21.5. The van der Waals surface area contributed by atoms with Gasteiger partial charge in [-0.15, -0.1) is 0 Å². The van der Waals surface area contributed by atoms with Crippen molar-refractivity contribution in [2.75, 3.05) is 5.32 Å².